The van der Waals surface area contributed by atoms with Crippen LogP contribution in [0.25, 0.3) is 0 Å². The fourth-order valence-electron chi connectivity index (χ4n) is 2.51. The average Bonchev–Trinajstić information content (AvgIpc) is 2.77. The molecule has 0 unspecified atom stereocenters. The van der Waals surface area contributed by atoms with Crippen LogP contribution < -0.4 is 4.72 Å². The van der Waals surface area contributed by atoms with Crippen LogP contribution in [-0.2, 0) is 23.2 Å². The second-order valence-corrected chi connectivity index (χ2v) is 7.19. The molecule has 2 rings (SSSR count). The van der Waals surface area contributed by atoms with Crippen molar-refractivity contribution in [1.82, 2.24) is 9.03 Å². The molecule has 1 aromatic rings. The molecule has 2 N–H and O–H groups in total. The monoisotopic (exact) mass is 312 g/mol. The molecular formula is C15H24N2O3S. The first-order valence-electron chi connectivity index (χ1n) is 7.55. The van der Waals surface area contributed by atoms with E-state index in [9.17, 15) is 8.42 Å². The molecule has 1 fully saturated rings. The lowest BCUT2D eigenvalue weighted by atomic mass is 10.1. The van der Waals surface area contributed by atoms with E-state index in [4.69, 9.17) is 5.11 Å². The molecule has 1 aliphatic heterocycles. The summed E-state index contributed by atoms with van der Waals surface area (Å²) >= 11 is 0. The van der Waals surface area contributed by atoms with Crippen molar-refractivity contribution < 1.29 is 13.5 Å². The summed E-state index contributed by atoms with van der Waals surface area (Å²) in [4.78, 5) is 0. The summed E-state index contributed by atoms with van der Waals surface area (Å²) in [6.45, 7) is 1.68. The molecule has 1 saturated heterocycles. The minimum absolute atomic E-state index is 0.0296. The van der Waals surface area contributed by atoms with Gasteiger partial charge in [-0.3, -0.25) is 0 Å². The van der Waals surface area contributed by atoms with Gasteiger partial charge in [-0.2, -0.15) is 12.7 Å². The number of aliphatic hydroxyl groups is 1. The molecule has 0 bridgehead atoms. The van der Waals surface area contributed by atoms with Gasteiger partial charge in [-0.1, -0.05) is 37.1 Å². The molecule has 118 valence electrons. The zero-order valence-electron chi connectivity index (χ0n) is 12.3. The van der Waals surface area contributed by atoms with Crippen LogP contribution in [0.15, 0.2) is 24.3 Å². The number of nitrogens with zero attached hydrogens (tertiary/aromatic N) is 1. The molecule has 0 aliphatic carbocycles. The second-order valence-electron chi connectivity index (χ2n) is 5.44. The Balaban J connectivity index is 1.83. The van der Waals surface area contributed by atoms with E-state index < -0.39 is 10.2 Å². The van der Waals surface area contributed by atoms with E-state index in [0.29, 0.717) is 26.1 Å². The van der Waals surface area contributed by atoms with Crippen molar-refractivity contribution in [3.8, 4) is 0 Å². The van der Waals surface area contributed by atoms with Crippen molar-refractivity contribution in [1.29, 1.82) is 0 Å². The Bertz CT molecular complexity index is 520. The Labute approximate surface area is 127 Å². The normalized spacial score (nSPS) is 17.6. The maximum atomic E-state index is 12.2. The zero-order valence-corrected chi connectivity index (χ0v) is 13.1. The average molecular weight is 312 g/mol. The van der Waals surface area contributed by atoms with Gasteiger partial charge < -0.3 is 5.11 Å². The van der Waals surface area contributed by atoms with Crippen LogP contribution in [0, 0.1) is 0 Å². The van der Waals surface area contributed by atoms with Crippen molar-refractivity contribution >= 4 is 10.2 Å². The van der Waals surface area contributed by atoms with Crippen molar-refractivity contribution in [3.63, 3.8) is 0 Å². The highest BCUT2D eigenvalue weighted by atomic mass is 32.2. The van der Waals surface area contributed by atoms with E-state index in [1.54, 1.807) is 4.31 Å². The van der Waals surface area contributed by atoms with Gasteiger partial charge in [-0.15, -0.1) is 0 Å². The summed E-state index contributed by atoms with van der Waals surface area (Å²) in [5, 5.41) is 8.98. The quantitative estimate of drug-likeness (QED) is 0.835. The smallest absolute Gasteiger partial charge is 0.279 e. The third kappa shape index (κ3) is 5.07. The van der Waals surface area contributed by atoms with E-state index in [2.05, 4.69) is 4.72 Å². The number of benzene rings is 1. The van der Waals surface area contributed by atoms with Gasteiger partial charge in [-0.25, -0.2) is 4.72 Å². The minimum Gasteiger partial charge on any atom is -0.392 e. The maximum absolute atomic E-state index is 12.2. The Morgan fingerprint density at radius 2 is 1.57 bits per heavy atom. The van der Waals surface area contributed by atoms with E-state index in [-0.39, 0.29) is 6.61 Å². The molecule has 0 aromatic heterocycles. The number of hydrogen-bond donors (Lipinski definition) is 2. The van der Waals surface area contributed by atoms with E-state index in [1.807, 2.05) is 24.3 Å². The lowest BCUT2D eigenvalue weighted by Gasteiger charge is -2.20. The van der Waals surface area contributed by atoms with Crippen LogP contribution in [0.5, 0.6) is 0 Å². The largest absolute Gasteiger partial charge is 0.392 e. The Kier molecular flexibility index (Phi) is 6.17. The number of nitrogens with one attached hydrogen (secondary N) is 1. The third-order valence-corrected chi connectivity index (χ3v) is 5.42. The first-order valence-corrected chi connectivity index (χ1v) is 8.99. The first kappa shape index (κ1) is 16.4. The van der Waals surface area contributed by atoms with Crippen LogP contribution in [0.1, 0.15) is 36.8 Å². The van der Waals surface area contributed by atoms with Gasteiger partial charge in [0.05, 0.1) is 6.61 Å². The summed E-state index contributed by atoms with van der Waals surface area (Å²) in [6, 6.07) is 7.56. The van der Waals surface area contributed by atoms with Crippen molar-refractivity contribution in [2.45, 2.75) is 38.7 Å². The number of aliphatic hydroxyl groups excluding tert-OH is 1. The van der Waals surface area contributed by atoms with Gasteiger partial charge in [0.1, 0.15) is 0 Å². The number of hydrogen-bond acceptors (Lipinski definition) is 3. The highest BCUT2D eigenvalue weighted by Crippen LogP contribution is 2.12. The Morgan fingerprint density at radius 1 is 1.00 bits per heavy atom. The molecule has 0 saturated carbocycles. The molecule has 21 heavy (non-hydrogen) atoms. The lowest BCUT2D eigenvalue weighted by molar-refractivity contribution is 0.282. The summed E-state index contributed by atoms with van der Waals surface area (Å²) in [5.74, 6) is 0. The van der Waals surface area contributed by atoms with Crippen LogP contribution in [0.2, 0.25) is 0 Å². The minimum atomic E-state index is -3.35. The maximum Gasteiger partial charge on any atom is 0.279 e. The van der Waals surface area contributed by atoms with E-state index in [0.717, 1.165) is 36.8 Å². The predicted molar refractivity (Wildman–Crippen MR) is 83.0 cm³/mol. The van der Waals surface area contributed by atoms with Crippen molar-refractivity contribution in [3.05, 3.63) is 35.4 Å². The molecule has 6 heteroatoms. The van der Waals surface area contributed by atoms with Crippen LogP contribution >= 0.6 is 0 Å². The Hall–Kier alpha value is -0.950. The topological polar surface area (TPSA) is 69.6 Å². The predicted octanol–water partition coefficient (Wildman–Crippen LogP) is 1.43. The van der Waals surface area contributed by atoms with Crippen LogP contribution in [-0.4, -0.2) is 37.5 Å². The highest BCUT2D eigenvalue weighted by Gasteiger charge is 2.21. The molecule has 5 nitrogen and oxygen atoms in total. The first-order chi connectivity index (χ1) is 10.1. The fourth-order valence-corrected chi connectivity index (χ4v) is 3.79. The molecule has 1 aromatic carbocycles. The van der Waals surface area contributed by atoms with Gasteiger partial charge in [-0.05, 0) is 30.4 Å². The lowest BCUT2D eigenvalue weighted by Crippen LogP contribution is -2.41. The molecular weight excluding hydrogens is 288 g/mol. The van der Waals surface area contributed by atoms with Crippen molar-refractivity contribution in [2.75, 3.05) is 19.6 Å². The van der Waals surface area contributed by atoms with Gasteiger partial charge in [0.2, 0.25) is 0 Å². The van der Waals surface area contributed by atoms with E-state index in [1.165, 1.54) is 0 Å². The Morgan fingerprint density at radius 3 is 2.14 bits per heavy atom. The summed E-state index contributed by atoms with van der Waals surface area (Å²) in [7, 11) is -3.35. The van der Waals surface area contributed by atoms with Gasteiger partial charge in [0.25, 0.3) is 10.2 Å². The highest BCUT2D eigenvalue weighted by molar-refractivity contribution is 7.87. The fraction of sp³-hybridized carbons (Fsp3) is 0.600. The summed E-state index contributed by atoms with van der Waals surface area (Å²) < 4.78 is 28.7. The van der Waals surface area contributed by atoms with E-state index >= 15 is 0 Å². The van der Waals surface area contributed by atoms with Gasteiger partial charge in [0.15, 0.2) is 0 Å². The summed E-state index contributed by atoms with van der Waals surface area (Å²) in [6.07, 6.45) is 4.78. The van der Waals surface area contributed by atoms with Gasteiger partial charge in [0, 0.05) is 19.6 Å². The molecule has 1 heterocycles. The molecule has 0 amide bonds. The van der Waals surface area contributed by atoms with Crippen molar-refractivity contribution in [2.24, 2.45) is 0 Å². The summed E-state index contributed by atoms with van der Waals surface area (Å²) in [5.41, 5.74) is 1.93. The van der Waals surface area contributed by atoms with Gasteiger partial charge >= 0.3 is 0 Å². The second kappa shape index (κ2) is 7.89. The van der Waals surface area contributed by atoms with Crippen LogP contribution in [0.3, 0.4) is 0 Å². The van der Waals surface area contributed by atoms with Crippen LogP contribution in [0.4, 0.5) is 0 Å². The zero-order chi connectivity index (χ0) is 15.1. The molecule has 0 spiro atoms. The third-order valence-electron chi connectivity index (χ3n) is 3.81. The molecule has 1 aliphatic rings. The molecule has 0 atom stereocenters. The standard InChI is InChI=1S/C15H24N2O3S/c18-13-15-7-5-14(6-8-15)9-10-16-21(19,20)17-11-3-1-2-4-12-17/h5-8,16,18H,1-4,9-13H2. The molecule has 0 radical (unpaired) electrons. The SMILES string of the molecule is O=S(=O)(NCCc1ccc(CO)cc1)N1CCCCCC1. The number of rotatable bonds is 6.